The summed E-state index contributed by atoms with van der Waals surface area (Å²) in [6.07, 6.45) is 1.20. The molecule has 0 amide bonds. The van der Waals surface area contributed by atoms with Crippen molar-refractivity contribution in [2.24, 2.45) is 5.29 Å². The maximum Gasteiger partial charge on any atom is 0.112 e. The maximum atomic E-state index is 9.92. The zero-order valence-corrected chi connectivity index (χ0v) is 8.10. The minimum absolute atomic E-state index is 0.621. The average Bonchev–Trinajstić information content (AvgIpc) is 2.80. The number of nitrogens with zero attached hydrogens (tertiary/aromatic N) is 1. The van der Waals surface area contributed by atoms with Gasteiger partial charge < -0.3 is 5.32 Å². The van der Waals surface area contributed by atoms with Crippen LogP contribution in [0.1, 0.15) is 17.2 Å². The first-order valence-electron chi connectivity index (χ1n) is 4.20. The number of rotatable bonds is 4. The number of nitrogens with one attached hydrogen (secondary N) is 2. The Morgan fingerprint density at radius 1 is 1.62 bits per heavy atom. The summed E-state index contributed by atoms with van der Waals surface area (Å²) in [7, 11) is 1.98. The number of nitroso groups, excluding NO2 is 1. The molecule has 2 unspecified atom stereocenters. The highest BCUT2D eigenvalue weighted by atomic mass is 32.1. The summed E-state index contributed by atoms with van der Waals surface area (Å²) in [6.45, 7) is 0. The monoisotopic (exact) mass is 197 g/mol. The van der Waals surface area contributed by atoms with Crippen LogP contribution in [-0.4, -0.2) is 13.1 Å². The molecule has 4 nitrogen and oxygen atoms in total. The van der Waals surface area contributed by atoms with Gasteiger partial charge in [0, 0.05) is 16.8 Å². The Bertz CT molecular complexity index is 312. The molecule has 2 atom stereocenters. The van der Waals surface area contributed by atoms with Crippen LogP contribution in [0.15, 0.2) is 17.4 Å². The van der Waals surface area contributed by atoms with Crippen LogP contribution in [0, 0.1) is 4.91 Å². The van der Waals surface area contributed by atoms with E-state index in [1.54, 1.807) is 11.3 Å². The van der Waals surface area contributed by atoms with E-state index in [9.17, 15) is 4.91 Å². The van der Waals surface area contributed by atoms with Crippen LogP contribution in [-0.2, 0) is 0 Å². The average molecular weight is 197 g/mol. The molecule has 1 aromatic heterocycles. The van der Waals surface area contributed by atoms with E-state index >= 15 is 0 Å². The highest BCUT2D eigenvalue weighted by Gasteiger charge is 2.37. The zero-order chi connectivity index (χ0) is 9.26. The van der Waals surface area contributed by atoms with Gasteiger partial charge >= 0.3 is 0 Å². The topological polar surface area (TPSA) is 53.5 Å². The third-order valence-corrected chi connectivity index (χ3v) is 3.43. The highest BCUT2D eigenvalue weighted by molar-refractivity contribution is 7.16. The molecule has 1 fully saturated rings. The fourth-order valence-electron chi connectivity index (χ4n) is 1.49. The molecule has 5 heteroatoms. The number of hydrogen-bond donors (Lipinski definition) is 2. The molecule has 0 aromatic carbocycles. The lowest BCUT2D eigenvalue weighted by molar-refractivity contribution is 0.787. The number of likely N-dealkylation sites (N-methyl/N-ethyl adjacent to an activating group) is 1. The molecule has 0 saturated heterocycles. The number of hydrogen-bond acceptors (Lipinski definition) is 4. The minimum atomic E-state index is 0.621. The molecule has 1 heterocycles. The van der Waals surface area contributed by atoms with E-state index in [-0.39, 0.29) is 0 Å². The lowest BCUT2D eigenvalue weighted by atomic mass is 10.3. The quantitative estimate of drug-likeness (QED) is 0.572. The summed E-state index contributed by atoms with van der Waals surface area (Å²) in [5.41, 5.74) is 2.41. The Hall–Kier alpha value is -0.940. The van der Waals surface area contributed by atoms with Crippen molar-refractivity contribution in [2.45, 2.75) is 18.4 Å². The molecule has 2 rings (SSSR count). The second-order valence-corrected chi connectivity index (χ2v) is 4.26. The van der Waals surface area contributed by atoms with Gasteiger partial charge in [0.05, 0.1) is 5.29 Å². The molecule has 1 saturated carbocycles. The highest BCUT2D eigenvalue weighted by Crippen LogP contribution is 2.44. The summed E-state index contributed by atoms with van der Waals surface area (Å²) < 4.78 is 0. The van der Waals surface area contributed by atoms with Crippen molar-refractivity contribution >= 4 is 16.3 Å². The zero-order valence-electron chi connectivity index (χ0n) is 7.28. The molecule has 70 valence electrons. The fraction of sp³-hybridized carbons (Fsp3) is 0.500. The van der Waals surface area contributed by atoms with Crippen LogP contribution >= 0.6 is 11.3 Å². The standard InChI is InChI=1S/C8H11N3OS/c1-9-6-4-5(6)7-2-3-8(13-7)10-11-12/h2-3,5-6,9H,4H2,1H3,(H,10,12). The van der Waals surface area contributed by atoms with E-state index in [0.717, 1.165) is 5.00 Å². The van der Waals surface area contributed by atoms with Crippen molar-refractivity contribution < 1.29 is 0 Å². The summed E-state index contributed by atoms with van der Waals surface area (Å²) in [5.74, 6) is 0.636. The summed E-state index contributed by atoms with van der Waals surface area (Å²) >= 11 is 1.60. The van der Waals surface area contributed by atoms with E-state index < -0.39 is 0 Å². The molecule has 0 aliphatic heterocycles. The molecule has 1 aromatic rings. The van der Waals surface area contributed by atoms with Crippen LogP contribution < -0.4 is 10.7 Å². The van der Waals surface area contributed by atoms with Crippen molar-refractivity contribution in [2.75, 3.05) is 12.5 Å². The van der Waals surface area contributed by atoms with Gasteiger partial charge in [-0.3, -0.25) is 0 Å². The van der Waals surface area contributed by atoms with Gasteiger partial charge in [-0.2, -0.15) is 0 Å². The van der Waals surface area contributed by atoms with E-state index in [1.165, 1.54) is 11.3 Å². The molecule has 0 radical (unpaired) electrons. The molecular formula is C8H11N3OS. The molecule has 2 N–H and O–H groups in total. The summed E-state index contributed by atoms with van der Waals surface area (Å²) in [5, 5.41) is 6.69. The van der Waals surface area contributed by atoms with E-state index in [1.807, 2.05) is 13.1 Å². The minimum Gasteiger partial charge on any atom is -0.316 e. The SMILES string of the molecule is CNC1CC1c1ccc(NN=O)s1. The van der Waals surface area contributed by atoms with Crippen molar-refractivity contribution in [3.63, 3.8) is 0 Å². The number of anilines is 1. The van der Waals surface area contributed by atoms with Crippen LogP contribution in [0.2, 0.25) is 0 Å². The fourth-order valence-corrected chi connectivity index (χ4v) is 2.51. The van der Waals surface area contributed by atoms with Gasteiger partial charge in [0.25, 0.3) is 0 Å². The van der Waals surface area contributed by atoms with Gasteiger partial charge in [0.15, 0.2) is 0 Å². The van der Waals surface area contributed by atoms with Gasteiger partial charge in [0.1, 0.15) is 5.00 Å². The van der Waals surface area contributed by atoms with Gasteiger partial charge in [0.2, 0.25) is 0 Å². The lowest BCUT2D eigenvalue weighted by Crippen LogP contribution is -2.09. The molecule has 0 spiro atoms. The van der Waals surface area contributed by atoms with Crippen LogP contribution in [0.3, 0.4) is 0 Å². The molecule has 1 aliphatic rings. The Morgan fingerprint density at radius 3 is 3.08 bits per heavy atom. The third kappa shape index (κ3) is 1.71. The smallest absolute Gasteiger partial charge is 0.112 e. The summed E-state index contributed by atoms with van der Waals surface area (Å²) in [6, 6.07) is 4.57. The first-order valence-corrected chi connectivity index (χ1v) is 5.02. The van der Waals surface area contributed by atoms with Crippen molar-refractivity contribution in [1.82, 2.24) is 5.32 Å². The van der Waals surface area contributed by atoms with Crippen LogP contribution in [0.4, 0.5) is 5.00 Å². The normalized spacial score (nSPS) is 25.6. The van der Waals surface area contributed by atoms with Crippen LogP contribution in [0.5, 0.6) is 0 Å². The second kappa shape index (κ2) is 3.43. The van der Waals surface area contributed by atoms with Gasteiger partial charge in [-0.25, -0.2) is 5.43 Å². The molecule has 13 heavy (non-hydrogen) atoms. The van der Waals surface area contributed by atoms with E-state index in [4.69, 9.17) is 0 Å². The Kier molecular flexibility index (Phi) is 2.28. The van der Waals surface area contributed by atoms with Crippen LogP contribution in [0.25, 0.3) is 0 Å². The Labute approximate surface area is 80.3 Å². The molecular weight excluding hydrogens is 186 g/mol. The number of thiophene rings is 1. The van der Waals surface area contributed by atoms with Crippen molar-refractivity contribution in [3.05, 3.63) is 21.9 Å². The van der Waals surface area contributed by atoms with E-state index in [0.29, 0.717) is 12.0 Å². The largest absolute Gasteiger partial charge is 0.316 e. The summed E-state index contributed by atoms with van der Waals surface area (Å²) in [4.78, 5) is 11.2. The van der Waals surface area contributed by atoms with Gasteiger partial charge in [-0.05, 0) is 25.6 Å². The third-order valence-electron chi connectivity index (χ3n) is 2.31. The van der Waals surface area contributed by atoms with Gasteiger partial charge in [-0.15, -0.1) is 16.2 Å². The van der Waals surface area contributed by atoms with Crippen molar-refractivity contribution in [3.8, 4) is 0 Å². The molecule has 1 aliphatic carbocycles. The predicted molar refractivity (Wildman–Crippen MR) is 53.9 cm³/mol. The second-order valence-electron chi connectivity index (χ2n) is 3.14. The lowest BCUT2D eigenvalue weighted by Gasteiger charge is -1.93. The maximum absolute atomic E-state index is 9.92. The van der Waals surface area contributed by atoms with Crippen molar-refractivity contribution in [1.29, 1.82) is 0 Å². The predicted octanol–water partition coefficient (Wildman–Crippen LogP) is 1.92. The van der Waals surface area contributed by atoms with Gasteiger partial charge in [-0.1, -0.05) is 0 Å². The first-order chi connectivity index (χ1) is 6.35. The molecule has 0 bridgehead atoms. The Morgan fingerprint density at radius 2 is 2.46 bits per heavy atom. The Balaban J connectivity index is 2.02. The van der Waals surface area contributed by atoms with E-state index in [2.05, 4.69) is 22.1 Å². The first kappa shape index (κ1) is 8.65.